The summed E-state index contributed by atoms with van der Waals surface area (Å²) in [6.07, 6.45) is 1.41. The van der Waals surface area contributed by atoms with Crippen LogP contribution in [-0.4, -0.2) is 20.9 Å². The Hall–Kier alpha value is -2.67. The molecule has 7 heteroatoms. The number of benzene rings is 3. The van der Waals surface area contributed by atoms with Crippen molar-refractivity contribution < 1.29 is 13.2 Å². The van der Waals surface area contributed by atoms with Gasteiger partial charge in [-0.1, -0.05) is 48.9 Å². The highest BCUT2D eigenvalue weighted by Crippen LogP contribution is 2.31. The fourth-order valence-corrected chi connectivity index (χ4v) is 5.26. The molecule has 0 spiro atoms. The summed E-state index contributed by atoms with van der Waals surface area (Å²) >= 11 is 5.93. The Labute approximate surface area is 187 Å². The second kappa shape index (κ2) is 8.83. The number of sulfonamides is 1. The summed E-state index contributed by atoms with van der Waals surface area (Å²) < 4.78 is 28.3. The van der Waals surface area contributed by atoms with Gasteiger partial charge in [0, 0.05) is 29.4 Å². The fourth-order valence-electron chi connectivity index (χ4n) is 3.81. The van der Waals surface area contributed by atoms with Gasteiger partial charge >= 0.3 is 0 Å². The third-order valence-corrected chi connectivity index (χ3v) is 7.24. The molecule has 3 aromatic carbocycles. The zero-order valence-electron chi connectivity index (χ0n) is 17.1. The van der Waals surface area contributed by atoms with Gasteiger partial charge in [-0.25, -0.2) is 13.1 Å². The maximum absolute atomic E-state index is 13.0. The molecule has 0 aromatic heterocycles. The smallest absolute Gasteiger partial charge is 0.258 e. The van der Waals surface area contributed by atoms with Crippen molar-refractivity contribution in [3.63, 3.8) is 0 Å². The van der Waals surface area contributed by atoms with Gasteiger partial charge in [-0.2, -0.15) is 0 Å². The molecule has 0 bridgehead atoms. The molecule has 0 unspecified atom stereocenters. The average molecular weight is 455 g/mol. The minimum absolute atomic E-state index is 0.0926. The highest BCUT2D eigenvalue weighted by atomic mass is 35.5. The first-order valence-corrected chi connectivity index (χ1v) is 12.0. The number of aryl methyl sites for hydroxylation is 1. The topological polar surface area (TPSA) is 66.5 Å². The molecule has 5 nitrogen and oxygen atoms in total. The van der Waals surface area contributed by atoms with Crippen molar-refractivity contribution in [1.82, 2.24) is 4.72 Å². The summed E-state index contributed by atoms with van der Waals surface area (Å²) in [5, 5.41) is 0.581. The van der Waals surface area contributed by atoms with Gasteiger partial charge in [0.15, 0.2) is 0 Å². The molecular formula is C24H23ClN2O3S. The predicted molar refractivity (Wildman–Crippen MR) is 123 cm³/mol. The van der Waals surface area contributed by atoms with E-state index in [0.717, 1.165) is 28.8 Å². The number of nitrogens with zero attached hydrogens (tertiary/aromatic N) is 1. The van der Waals surface area contributed by atoms with Gasteiger partial charge in [-0.3, -0.25) is 4.79 Å². The van der Waals surface area contributed by atoms with Crippen LogP contribution in [0.25, 0.3) is 0 Å². The third-order valence-electron chi connectivity index (χ3n) is 5.49. The largest absolute Gasteiger partial charge is 0.308 e. The van der Waals surface area contributed by atoms with E-state index in [-0.39, 0.29) is 12.5 Å². The normalized spacial score (nSPS) is 13.3. The van der Waals surface area contributed by atoms with Crippen molar-refractivity contribution >= 4 is 33.2 Å². The second-order valence-corrected chi connectivity index (χ2v) is 9.63. The summed E-state index contributed by atoms with van der Waals surface area (Å²) in [6, 6.07) is 19.6. The van der Waals surface area contributed by atoms with E-state index in [4.69, 9.17) is 11.6 Å². The summed E-state index contributed by atoms with van der Waals surface area (Å²) in [5.41, 5.74) is 4.05. The highest BCUT2D eigenvalue weighted by Gasteiger charge is 2.26. The zero-order chi connectivity index (χ0) is 22.0. The number of fused-ring (bicyclic) bond motifs is 1. The SMILES string of the molecule is CCc1ccccc1S(=O)(=O)NCc1ccc2c(c1)N(C(=O)c1ccc(Cl)cc1)CC2. The van der Waals surface area contributed by atoms with E-state index < -0.39 is 10.0 Å². The van der Waals surface area contributed by atoms with Crippen LogP contribution in [0.2, 0.25) is 5.02 Å². The summed E-state index contributed by atoms with van der Waals surface area (Å²) in [4.78, 5) is 15.0. The second-order valence-electron chi connectivity index (χ2n) is 7.46. The lowest BCUT2D eigenvalue weighted by molar-refractivity contribution is 0.0989. The van der Waals surface area contributed by atoms with Crippen LogP contribution in [0.3, 0.4) is 0 Å². The lowest BCUT2D eigenvalue weighted by Gasteiger charge is -2.18. The molecule has 0 fully saturated rings. The van der Waals surface area contributed by atoms with Crippen molar-refractivity contribution in [3.05, 3.63) is 94.0 Å². The van der Waals surface area contributed by atoms with Gasteiger partial charge in [0.2, 0.25) is 10.0 Å². The summed E-state index contributed by atoms with van der Waals surface area (Å²) in [7, 11) is -3.64. The third kappa shape index (κ3) is 4.51. The Morgan fingerprint density at radius 3 is 2.55 bits per heavy atom. The number of carbonyl (C=O) groups excluding carboxylic acids is 1. The number of nitrogens with one attached hydrogen (secondary N) is 1. The van der Waals surface area contributed by atoms with Gasteiger partial charge in [0.25, 0.3) is 5.91 Å². The molecule has 1 N–H and O–H groups in total. The van der Waals surface area contributed by atoms with Crippen molar-refractivity contribution in [2.75, 3.05) is 11.4 Å². The highest BCUT2D eigenvalue weighted by molar-refractivity contribution is 7.89. The molecule has 0 atom stereocenters. The van der Waals surface area contributed by atoms with E-state index in [1.807, 2.05) is 37.3 Å². The minimum atomic E-state index is -3.64. The summed E-state index contributed by atoms with van der Waals surface area (Å²) in [6.45, 7) is 2.67. The lowest BCUT2D eigenvalue weighted by Crippen LogP contribution is -2.29. The van der Waals surface area contributed by atoms with Crippen LogP contribution >= 0.6 is 11.6 Å². The standard InChI is InChI=1S/C24H23ClN2O3S/c1-2-18-5-3-4-6-23(18)31(29,30)26-16-17-7-8-19-13-14-27(22(19)15-17)24(28)20-9-11-21(25)12-10-20/h3-12,15,26H,2,13-14,16H2,1H3. The number of amides is 1. The number of hydrogen-bond donors (Lipinski definition) is 1. The first-order chi connectivity index (χ1) is 14.9. The number of carbonyl (C=O) groups is 1. The molecule has 1 amide bonds. The average Bonchev–Trinajstić information content (AvgIpc) is 3.21. The summed E-state index contributed by atoms with van der Waals surface area (Å²) in [5.74, 6) is -0.0926. The number of hydrogen-bond acceptors (Lipinski definition) is 3. The Kier molecular flexibility index (Phi) is 6.14. The molecule has 1 aliphatic rings. The van der Waals surface area contributed by atoms with E-state index in [2.05, 4.69) is 4.72 Å². The van der Waals surface area contributed by atoms with E-state index in [1.54, 1.807) is 41.3 Å². The van der Waals surface area contributed by atoms with Crippen LogP contribution in [0.5, 0.6) is 0 Å². The van der Waals surface area contributed by atoms with Crippen molar-refractivity contribution in [2.45, 2.75) is 31.2 Å². The molecule has 3 aromatic rings. The molecular weight excluding hydrogens is 432 g/mol. The Bertz CT molecular complexity index is 1220. The van der Waals surface area contributed by atoms with Gasteiger partial charge in [0.05, 0.1) is 4.90 Å². The minimum Gasteiger partial charge on any atom is -0.308 e. The van der Waals surface area contributed by atoms with Gasteiger partial charge in [0.1, 0.15) is 0 Å². The van der Waals surface area contributed by atoms with Crippen LogP contribution in [0.1, 0.15) is 34.0 Å². The molecule has 31 heavy (non-hydrogen) atoms. The maximum Gasteiger partial charge on any atom is 0.258 e. The van der Waals surface area contributed by atoms with Crippen molar-refractivity contribution in [1.29, 1.82) is 0 Å². The van der Waals surface area contributed by atoms with E-state index in [9.17, 15) is 13.2 Å². The maximum atomic E-state index is 13.0. The van der Waals surface area contributed by atoms with Crippen LogP contribution < -0.4 is 9.62 Å². The molecule has 1 aliphatic heterocycles. The number of anilines is 1. The first kappa shape index (κ1) is 21.6. The Morgan fingerprint density at radius 2 is 1.81 bits per heavy atom. The van der Waals surface area contributed by atoms with Crippen LogP contribution in [0.15, 0.2) is 71.6 Å². The Morgan fingerprint density at radius 1 is 1.06 bits per heavy atom. The molecule has 0 saturated heterocycles. The van der Waals surface area contributed by atoms with Gasteiger partial charge < -0.3 is 4.90 Å². The first-order valence-electron chi connectivity index (χ1n) is 10.2. The zero-order valence-corrected chi connectivity index (χ0v) is 18.7. The molecule has 160 valence electrons. The van der Waals surface area contributed by atoms with E-state index in [0.29, 0.717) is 28.4 Å². The van der Waals surface area contributed by atoms with E-state index in [1.165, 1.54) is 0 Å². The monoisotopic (exact) mass is 454 g/mol. The fraction of sp³-hybridized carbons (Fsp3) is 0.208. The van der Waals surface area contributed by atoms with Crippen molar-refractivity contribution in [2.24, 2.45) is 0 Å². The van der Waals surface area contributed by atoms with Crippen LogP contribution in [0, 0.1) is 0 Å². The van der Waals surface area contributed by atoms with E-state index >= 15 is 0 Å². The van der Waals surface area contributed by atoms with Gasteiger partial charge in [-0.15, -0.1) is 0 Å². The predicted octanol–water partition coefficient (Wildman–Crippen LogP) is 4.58. The van der Waals surface area contributed by atoms with Crippen molar-refractivity contribution in [3.8, 4) is 0 Å². The Balaban J connectivity index is 1.54. The molecule has 0 radical (unpaired) electrons. The molecule has 0 aliphatic carbocycles. The van der Waals surface area contributed by atoms with Gasteiger partial charge in [-0.05, 0) is 65.9 Å². The quantitative estimate of drug-likeness (QED) is 0.592. The van der Waals surface area contributed by atoms with Crippen LogP contribution in [-0.2, 0) is 29.4 Å². The molecule has 1 heterocycles. The van der Waals surface area contributed by atoms with Crippen LogP contribution in [0.4, 0.5) is 5.69 Å². The number of halogens is 1. The molecule has 0 saturated carbocycles. The lowest BCUT2D eigenvalue weighted by atomic mass is 10.1. The number of rotatable bonds is 6. The molecule has 4 rings (SSSR count).